The third kappa shape index (κ3) is 4.86. The monoisotopic (exact) mass is 405 g/mol. The van der Waals surface area contributed by atoms with Gasteiger partial charge in [0.05, 0.1) is 30.2 Å². The highest BCUT2D eigenvalue weighted by molar-refractivity contribution is 7.80. The lowest BCUT2D eigenvalue weighted by Gasteiger charge is -2.32. The summed E-state index contributed by atoms with van der Waals surface area (Å²) < 4.78 is 5.07. The van der Waals surface area contributed by atoms with Gasteiger partial charge in [-0.1, -0.05) is 12.1 Å². The molecule has 28 heavy (non-hydrogen) atoms. The van der Waals surface area contributed by atoms with Gasteiger partial charge in [0.2, 0.25) is 11.8 Å². The van der Waals surface area contributed by atoms with Crippen LogP contribution in [0.25, 0.3) is 0 Å². The minimum absolute atomic E-state index is 0.00667. The third-order valence-corrected chi connectivity index (χ3v) is 5.78. The van der Waals surface area contributed by atoms with Crippen molar-refractivity contribution in [1.82, 2.24) is 10.2 Å². The smallest absolute Gasteiger partial charge is 0.309 e. The number of benzene rings is 1. The van der Waals surface area contributed by atoms with Crippen molar-refractivity contribution in [3.8, 4) is 0 Å². The van der Waals surface area contributed by atoms with Crippen LogP contribution in [0.4, 0.5) is 5.69 Å². The number of amides is 2. The number of para-hydroxylation sites is 1. The maximum absolute atomic E-state index is 12.8. The van der Waals surface area contributed by atoms with E-state index in [4.69, 9.17) is 4.74 Å². The van der Waals surface area contributed by atoms with Crippen LogP contribution in [0.1, 0.15) is 26.2 Å². The number of anilines is 1. The zero-order valence-electron chi connectivity index (χ0n) is 16.0. The lowest BCUT2D eigenvalue weighted by Crippen LogP contribution is -2.47. The van der Waals surface area contributed by atoms with E-state index in [1.165, 1.54) is 0 Å². The molecule has 2 aliphatic rings. The number of hydrogen-bond acceptors (Lipinski definition) is 6. The summed E-state index contributed by atoms with van der Waals surface area (Å²) in [7, 11) is 0. The minimum atomic E-state index is -0.360. The van der Waals surface area contributed by atoms with Crippen LogP contribution >= 0.6 is 12.6 Å². The molecule has 2 unspecified atom stereocenters. The SMILES string of the molecule is CCOC(=O)C1CCN(C(=O)C2CC(C(=O)Nc3ccccc3S)CN2)CC1. The second-order valence-electron chi connectivity index (χ2n) is 7.25. The molecule has 0 bridgehead atoms. The van der Waals surface area contributed by atoms with E-state index < -0.39 is 0 Å². The van der Waals surface area contributed by atoms with E-state index in [0.29, 0.717) is 56.1 Å². The maximum atomic E-state index is 12.8. The van der Waals surface area contributed by atoms with Crippen LogP contribution in [-0.4, -0.2) is 55.0 Å². The average Bonchev–Trinajstić information content (AvgIpc) is 3.20. The van der Waals surface area contributed by atoms with Gasteiger partial charge in [0, 0.05) is 24.5 Å². The Kier molecular flexibility index (Phi) is 6.96. The molecule has 2 amide bonds. The average molecular weight is 406 g/mol. The van der Waals surface area contributed by atoms with Crippen molar-refractivity contribution < 1.29 is 19.1 Å². The van der Waals surface area contributed by atoms with E-state index in [2.05, 4.69) is 23.3 Å². The van der Waals surface area contributed by atoms with Crippen LogP contribution in [0.15, 0.2) is 29.2 Å². The first-order valence-electron chi connectivity index (χ1n) is 9.77. The number of carbonyl (C=O) groups excluding carboxylic acids is 3. The van der Waals surface area contributed by atoms with Gasteiger partial charge < -0.3 is 20.3 Å². The quantitative estimate of drug-likeness (QED) is 0.513. The Balaban J connectivity index is 1.48. The Morgan fingerprint density at radius 2 is 1.93 bits per heavy atom. The van der Waals surface area contributed by atoms with E-state index >= 15 is 0 Å². The fraction of sp³-hybridized carbons (Fsp3) is 0.550. The molecule has 1 aromatic carbocycles. The molecule has 0 aromatic heterocycles. The Bertz CT molecular complexity index is 734. The van der Waals surface area contributed by atoms with Gasteiger partial charge in [-0.2, -0.15) is 0 Å². The van der Waals surface area contributed by atoms with E-state index in [-0.39, 0.29) is 35.7 Å². The number of esters is 1. The highest BCUT2D eigenvalue weighted by atomic mass is 32.1. The second-order valence-corrected chi connectivity index (χ2v) is 7.73. The molecule has 2 heterocycles. The zero-order chi connectivity index (χ0) is 20.1. The molecule has 2 N–H and O–H groups in total. The molecule has 2 aliphatic heterocycles. The molecule has 0 radical (unpaired) electrons. The van der Waals surface area contributed by atoms with Crippen molar-refractivity contribution in [2.75, 3.05) is 31.6 Å². The van der Waals surface area contributed by atoms with E-state index in [9.17, 15) is 14.4 Å². The highest BCUT2D eigenvalue weighted by Crippen LogP contribution is 2.24. The van der Waals surface area contributed by atoms with E-state index in [1.54, 1.807) is 17.9 Å². The van der Waals surface area contributed by atoms with E-state index in [0.717, 1.165) is 0 Å². The molecule has 0 aliphatic carbocycles. The first-order valence-corrected chi connectivity index (χ1v) is 10.2. The molecule has 3 rings (SSSR count). The number of ether oxygens (including phenoxy) is 1. The summed E-state index contributed by atoms with van der Waals surface area (Å²) in [4.78, 5) is 39.6. The zero-order valence-corrected chi connectivity index (χ0v) is 16.9. The van der Waals surface area contributed by atoms with Crippen molar-refractivity contribution in [3.05, 3.63) is 24.3 Å². The van der Waals surface area contributed by atoms with Gasteiger partial charge in [-0.15, -0.1) is 12.6 Å². The maximum Gasteiger partial charge on any atom is 0.309 e. The van der Waals surface area contributed by atoms with Gasteiger partial charge in [-0.3, -0.25) is 14.4 Å². The third-order valence-electron chi connectivity index (χ3n) is 5.39. The normalized spacial score (nSPS) is 22.7. The van der Waals surface area contributed by atoms with E-state index in [1.807, 2.05) is 18.2 Å². The van der Waals surface area contributed by atoms with Crippen molar-refractivity contribution >= 4 is 36.1 Å². The lowest BCUT2D eigenvalue weighted by molar-refractivity contribution is -0.151. The summed E-state index contributed by atoms with van der Waals surface area (Å²) in [6, 6.07) is 6.96. The Morgan fingerprint density at radius 1 is 1.21 bits per heavy atom. The van der Waals surface area contributed by atoms with Crippen molar-refractivity contribution in [2.24, 2.45) is 11.8 Å². The number of piperidine rings is 1. The predicted octanol–water partition coefficient (Wildman–Crippen LogP) is 1.69. The Morgan fingerprint density at radius 3 is 2.61 bits per heavy atom. The highest BCUT2D eigenvalue weighted by Gasteiger charge is 2.37. The van der Waals surface area contributed by atoms with Gasteiger partial charge in [0.25, 0.3) is 0 Å². The summed E-state index contributed by atoms with van der Waals surface area (Å²) in [5.74, 6) is -0.661. The molecule has 7 nitrogen and oxygen atoms in total. The number of likely N-dealkylation sites (tertiary alicyclic amines) is 1. The summed E-state index contributed by atoms with van der Waals surface area (Å²) in [5.41, 5.74) is 0.673. The Hall–Kier alpha value is -2.06. The molecule has 2 fully saturated rings. The van der Waals surface area contributed by atoms with Crippen LogP contribution in [0.3, 0.4) is 0 Å². The molecule has 8 heteroatoms. The number of carbonyl (C=O) groups is 3. The van der Waals surface area contributed by atoms with Crippen LogP contribution in [0.5, 0.6) is 0 Å². The van der Waals surface area contributed by atoms with Crippen LogP contribution in [0.2, 0.25) is 0 Å². The summed E-state index contributed by atoms with van der Waals surface area (Å²) in [6.45, 7) is 3.74. The first kappa shape index (κ1) is 20.7. The van der Waals surface area contributed by atoms with Crippen LogP contribution < -0.4 is 10.6 Å². The number of rotatable bonds is 5. The van der Waals surface area contributed by atoms with Crippen molar-refractivity contribution in [3.63, 3.8) is 0 Å². The molecular formula is C20H27N3O4S. The van der Waals surface area contributed by atoms with Crippen molar-refractivity contribution in [2.45, 2.75) is 37.1 Å². The largest absolute Gasteiger partial charge is 0.466 e. The molecule has 152 valence electrons. The molecule has 2 atom stereocenters. The predicted molar refractivity (Wildman–Crippen MR) is 108 cm³/mol. The molecule has 0 saturated carbocycles. The first-order chi connectivity index (χ1) is 13.5. The molecule has 0 spiro atoms. The van der Waals surface area contributed by atoms with Crippen molar-refractivity contribution in [1.29, 1.82) is 0 Å². The Labute approximate surface area is 170 Å². The lowest BCUT2D eigenvalue weighted by atomic mass is 9.96. The summed E-state index contributed by atoms with van der Waals surface area (Å²) in [5, 5.41) is 6.07. The topological polar surface area (TPSA) is 87.7 Å². The van der Waals surface area contributed by atoms with Crippen LogP contribution in [0, 0.1) is 11.8 Å². The van der Waals surface area contributed by atoms with Gasteiger partial charge in [-0.05, 0) is 38.3 Å². The van der Waals surface area contributed by atoms with Crippen LogP contribution in [-0.2, 0) is 19.1 Å². The summed E-state index contributed by atoms with van der Waals surface area (Å²) >= 11 is 4.35. The number of nitrogens with zero attached hydrogens (tertiary/aromatic N) is 1. The van der Waals surface area contributed by atoms with Gasteiger partial charge in [0.15, 0.2) is 0 Å². The fourth-order valence-electron chi connectivity index (χ4n) is 3.75. The standard InChI is InChI=1S/C20H27N3O4S/c1-2-27-20(26)13-7-9-23(10-8-13)19(25)16-11-14(12-21-16)18(24)22-15-5-3-4-6-17(15)28/h3-6,13-14,16,21,28H,2,7-12H2,1H3,(H,22,24). The molecule has 2 saturated heterocycles. The van der Waals surface area contributed by atoms with Gasteiger partial charge in [0.1, 0.15) is 0 Å². The molecule has 1 aromatic rings. The van der Waals surface area contributed by atoms with Gasteiger partial charge in [-0.25, -0.2) is 0 Å². The number of nitrogens with one attached hydrogen (secondary N) is 2. The molecular weight excluding hydrogens is 378 g/mol. The number of hydrogen-bond donors (Lipinski definition) is 3. The fourth-order valence-corrected chi connectivity index (χ4v) is 3.97. The van der Waals surface area contributed by atoms with Gasteiger partial charge >= 0.3 is 5.97 Å². The second kappa shape index (κ2) is 9.43. The summed E-state index contributed by atoms with van der Waals surface area (Å²) in [6.07, 6.45) is 1.72. The number of thiol groups is 1. The minimum Gasteiger partial charge on any atom is -0.466 e.